The van der Waals surface area contributed by atoms with Crippen LogP contribution in [-0.2, 0) is 9.53 Å². The molecular weight excluding hydrogens is 306 g/mol. The second-order valence-corrected chi connectivity index (χ2v) is 6.80. The zero-order chi connectivity index (χ0) is 17.4. The van der Waals surface area contributed by atoms with Gasteiger partial charge in [-0.1, -0.05) is 0 Å². The van der Waals surface area contributed by atoms with E-state index in [0.717, 1.165) is 70.8 Å². The summed E-state index contributed by atoms with van der Waals surface area (Å²) in [5.74, 6) is 1.06. The van der Waals surface area contributed by atoms with Crippen molar-refractivity contribution in [1.29, 1.82) is 0 Å². The Morgan fingerprint density at radius 3 is 2.79 bits per heavy atom. The fourth-order valence-electron chi connectivity index (χ4n) is 3.40. The summed E-state index contributed by atoms with van der Waals surface area (Å²) >= 11 is 0. The normalized spacial score (nSPS) is 25.0. The lowest BCUT2D eigenvalue weighted by atomic mass is 10.2. The Bertz CT molecular complexity index is 421. The average molecular weight is 339 g/mol. The van der Waals surface area contributed by atoms with Crippen LogP contribution in [0, 0.1) is 0 Å². The first-order chi connectivity index (χ1) is 11.6. The molecule has 2 N–H and O–H groups in total. The van der Waals surface area contributed by atoms with Gasteiger partial charge >= 0.3 is 0 Å². The lowest BCUT2D eigenvalue weighted by Gasteiger charge is -2.26. The van der Waals surface area contributed by atoms with Crippen molar-refractivity contribution < 1.29 is 9.53 Å². The van der Waals surface area contributed by atoms with E-state index >= 15 is 0 Å². The van der Waals surface area contributed by atoms with E-state index in [0.29, 0.717) is 6.10 Å². The van der Waals surface area contributed by atoms with Gasteiger partial charge in [0, 0.05) is 47.4 Å². The Kier molecular flexibility index (Phi) is 7.78. The molecule has 0 spiro atoms. The smallest absolute Gasteiger partial charge is 0.239 e. The van der Waals surface area contributed by atoms with E-state index in [1.165, 1.54) is 0 Å². The SMILES string of the molecule is CN=C(NCCCN1CCCC1C(=O)N(C)C)NCC1CCCO1. The van der Waals surface area contributed by atoms with Crippen molar-refractivity contribution in [1.82, 2.24) is 20.4 Å². The fraction of sp³-hybridized carbons (Fsp3) is 0.882. The van der Waals surface area contributed by atoms with Gasteiger partial charge in [-0.15, -0.1) is 0 Å². The van der Waals surface area contributed by atoms with Gasteiger partial charge in [0.15, 0.2) is 5.96 Å². The third-order valence-electron chi connectivity index (χ3n) is 4.75. The molecule has 2 fully saturated rings. The third kappa shape index (κ3) is 5.63. The number of hydrogen-bond acceptors (Lipinski definition) is 4. The Labute approximate surface area is 145 Å². The summed E-state index contributed by atoms with van der Waals surface area (Å²) in [6.07, 6.45) is 5.68. The van der Waals surface area contributed by atoms with Crippen molar-refractivity contribution in [2.24, 2.45) is 4.99 Å². The van der Waals surface area contributed by atoms with Crippen LogP contribution < -0.4 is 10.6 Å². The maximum atomic E-state index is 12.2. The maximum absolute atomic E-state index is 12.2. The van der Waals surface area contributed by atoms with Crippen molar-refractivity contribution in [3.05, 3.63) is 0 Å². The number of carbonyl (C=O) groups excluding carboxylic acids is 1. The van der Waals surface area contributed by atoms with Crippen LogP contribution in [0.15, 0.2) is 4.99 Å². The highest BCUT2D eigenvalue weighted by molar-refractivity contribution is 5.81. The Balaban J connectivity index is 1.63. The summed E-state index contributed by atoms with van der Waals surface area (Å²) < 4.78 is 5.61. The second kappa shape index (κ2) is 9.84. The topological polar surface area (TPSA) is 69.2 Å². The van der Waals surface area contributed by atoms with Crippen LogP contribution in [0.2, 0.25) is 0 Å². The van der Waals surface area contributed by atoms with Crippen LogP contribution >= 0.6 is 0 Å². The molecule has 2 aliphatic rings. The van der Waals surface area contributed by atoms with Crippen molar-refractivity contribution >= 4 is 11.9 Å². The number of ether oxygens (including phenoxy) is 1. The minimum absolute atomic E-state index is 0.0666. The zero-order valence-corrected chi connectivity index (χ0v) is 15.4. The van der Waals surface area contributed by atoms with E-state index in [9.17, 15) is 4.79 Å². The monoisotopic (exact) mass is 339 g/mol. The molecule has 1 amide bonds. The Hall–Kier alpha value is -1.34. The molecule has 0 saturated carbocycles. The molecule has 0 bridgehead atoms. The second-order valence-electron chi connectivity index (χ2n) is 6.80. The first-order valence-electron chi connectivity index (χ1n) is 9.13. The predicted molar refractivity (Wildman–Crippen MR) is 96.2 cm³/mol. The highest BCUT2D eigenvalue weighted by atomic mass is 16.5. The van der Waals surface area contributed by atoms with Gasteiger partial charge in [-0.25, -0.2) is 0 Å². The van der Waals surface area contributed by atoms with Gasteiger partial charge in [-0.2, -0.15) is 0 Å². The van der Waals surface area contributed by atoms with Crippen LogP contribution in [0.25, 0.3) is 0 Å². The van der Waals surface area contributed by atoms with Gasteiger partial charge in [0.05, 0.1) is 12.1 Å². The molecule has 138 valence electrons. The minimum Gasteiger partial charge on any atom is -0.376 e. The highest BCUT2D eigenvalue weighted by Gasteiger charge is 2.30. The predicted octanol–water partition coefficient (Wildman–Crippen LogP) is 0.273. The molecule has 0 aromatic heterocycles. The van der Waals surface area contributed by atoms with Crippen LogP contribution in [0.4, 0.5) is 0 Å². The Morgan fingerprint density at radius 1 is 1.29 bits per heavy atom. The summed E-state index contributed by atoms with van der Waals surface area (Å²) in [4.78, 5) is 20.4. The van der Waals surface area contributed by atoms with Crippen molar-refractivity contribution in [3.8, 4) is 0 Å². The van der Waals surface area contributed by atoms with E-state index in [4.69, 9.17) is 4.74 Å². The molecule has 0 radical (unpaired) electrons. The number of guanidine groups is 1. The van der Waals surface area contributed by atoms with Crippen molar-refractivity contribution in [2.45, 2.75) is 44.2 Å². The number of likely N-dealkylation sites (N-methyl/N-ethyl adjacent to an activating group) is 1. The van der Waals surface area contributed by atoms with Gasteiger partial charge in [0.25, 0.3) is 0 Å². The molecule has 2 rings (SSSR count). The number of hydrogen-bond donors (Lipinski definition) is 2. The molecule has 24 heavy (non-hydrogen) atoms. The van der Waals surface area contributed by atoms with Gasteiger partial charge in [0.2, 0.25) is 5.91 Å². The Morgan fingerprint density at radius 2 is 2.12 bits per heavy atom. The van der Waals surface area contributed by atoms with Crippen LogP contribution in [0.5, 0.6) is 0 Å². The van der Waals surface area contributed by atoms with Crippen molar-refractivity contribution in [2.75, 3.05) is 53.9 Å². The summed E-state index contributed by atoms with van der Waals surface area (Å²) in [6, 6.07) is 0.0666. The third-order valence-corrected chi connectivity index (χ3v) is 4.75. The minimum atomic E-state index is 0.0666. The standard InChI is InChI=1S/C17H33N5O2/c1-18-17(20-13-14-7-5-12-24-14)19-9-6-11-22-10-4-8-15(22)16(23)21(2)3/h14-15H,4-13H2,1-3H3,(H2,18,19,20). The van der Waals surface area contributed by atoms with E-state index in [2.05, 4.69) is 20.5 Å². The number of likely N-dealkylation sites (tertiary alicyclic amines) is 1. The molecule has 0 aromatic carbocycles. The van der Waals surface area contributed by atoms with Crippen LogP contribution in [-0.4, -0.2) is 87.7 Å². The van der Waals surface area contributed by atoms with Gasteiger partial charge < -0.3 is 20.3 Å². The van der Waals surface area contributed by atoms with Gasteiger partial charge in [-0.3, -0.25) is 14.7 Å². The van der Waals surface area contributed by atoms with Crippen LogP contribution in [0.1, 0.15) is 32.1 Å². The summed E-state index contributed by atoms with van der Waals surface area (Å²) in [7, 11) is 5.46. The first-order valence-corrected chi connectivity index (χ1v) is 9.13. The van der Waals surface area contributed by atoms with E-state index in [-0.39, 0.29) is 11.9 Å². The number of amides is 1. The highest BCUT2D eigenvalue weighted by Crippen LogP contribution is 2.18. The quantitative estimate of drug-likeness (QED) is 0.396. The molecule has 2 saturated heterocycles. The number of nitrogens with one attached hydrogen (secondary N) is 2. The van der Waals surface area contributed by atoms with Gasteiger partial charge in [-0.05, 0) is 38.6 Å². The van der Waals surface area contributed by atoms with Crippen LogP contribution in [0.3, 0.4) is 0 Å². The number of nitrogens with zero attached hydrogens (tertiary/aromatic N) is 3. The van der Waals surface area contributed by atoms with Gasteiger partial charge in [0.1, 0.15) is 0 Å². The molecule has 2 unspecified atom stereocenters. The summed E-state index contributed by atoms with van der Waals surface area (Å²) in [6.45, 7) is 4.51. The average Bonchev–Trinajstić information content (AvgIpc) is 3.24. The number of aliphatic imine (C=N–C) groups is 1. The fourth-order valence-corrected chi connectivity index (χ4v) is 3.40. The molecule has 0 aliphatic carbocycles. The summed E-state index contributed by atoms with van der Waals surface area (Å²) in [5.41, 5.74) is 0. The molecular formula is C17H33N5O2. The lowest BCUT2D eigenvalue weighted by molar-refractivity contribution is -0.133. The molecule has 2 heterocycles. The lowest BCUT2D eigenvalue weighted by Crippen LogP contribution is -2.44. The summed E-state index contributed by atoms with van der Waals surface area (Å²) in [5, 5.41) is 6.67. The maximum Gasteiger partial charge on any atom is 0.239 e. The zero-order valence-electron chi connectivity index (χ0n) is 15.4. The first kappa shape index (κ1) is 19.0. The largest absolute Gasteiger partial charge is 0.376 e. The van der Waals surface area contributed by atoms with E-state index < -0.39 is 0 Å². The molecule has 7 heteroatoms. The molecule has 7 nitrogen and oxygen atoms in total. The van der Waals surface area contributed by atoms with E-state index in [1.807, 2.05) is 14.1 Å². The molecule has 0 aromatic rings. The molecule has 2 aliphatic heterocycles. The molecule has 2 atom stereocenters. The number of rotatable bonds is 7. The number of carbonyl (C=O) groups is 1. The van der Waals surface area contributed by atoms with Crippen molar-refractivity contribution in [3.63, 3.8) is 0 Å². The van der Waals surface area contributed by atoms with E-state index in [1.54, 1.807) is 11.9 Å².